The van der Waals surface area contributed by atoms with Gasteiger partial charge >= 0.3 is 237 Å². The van der Waals surface area contributed by atoms with Gasteiger partial charge in [-0.3, -0.25) is 0 Å². The Balaban J connectivity index is 1.79. The van der Waals surface area contributed by atoms with E-state index >= 15 is 0 Å². The van der Waals surface area contributed by atoms with Crippen LogP contribution in [0.15, 0.2) is 144 Å². The molecule has 184 valence electrons. The van der Waals surface area contributed by atoms with Crippen molar-refractivity contribution in [2.24, 2.45) is 0 Å². The first-order chi connectivity index (χ1) is 18.0. The zero-order valence-electron chi connectivity index (χ0n) is 21.6. The molecule has 0 fully saturated rings. The fraction of sp³-hybridized carbons (Fsp3) is 0.118. The summed E-state index contributed by atoms with van der Waals surface area (Å²) < 4.78 is 9.12. The van der Waals surface area contributed by atoms with Gasteiger partial charge in [0.25, 0.3) is 0 Å². The summed E-state index contributed by atoms with van der Waals surface area (Å²) in [5.74, 6) is 0. The Morgan fingerprint density at radius 1 is 0.405 bits per heavy atom. The molecular formula is C34H32As2S. The molecule has 0 bridgehead atoms. The van der Waals surface area contributed by atoms with Crippen molar-refractivity contribution in [1.29, 1.82) is 0 Å². The number of hydrogen-bond acceptors (Lipinski definition) is 1. The first kappa shape index (κ1) is 26.2. The molecule has 5 aromatic carbocycles. The van der Waals surface area contributed by atoms with E-state index in [4.69, 9.17) is 0 Å². The van der Waals surface area contributed by atoms with Crippen LogP contribution in [0.1, 0.15) is 20.8 Å². The normalized spacial score (nSPS) is 11.7. The second kappa shape index (κ2) is 12.0. The van der Waals surface area contributed by atoms with Crippen molar-refractivity contribution in [3.05, 3.63) is 140 Å². The Bertz CT molecular complexity index is 1230. The van der Waals surface area contributed by atoms with Gasteiger partial charge in [-0.15, -0.1) is 0 Å². The van der Waals surface area contributed by atoms with Crippen LogP contribution in [0.5, 0.6) is 0 Å². The van der Waals surface area contributed by atoms with Crippen LogP contribution >= 0.6 is 11.8 Å². The predicted octanol–water partition coefficient (Wildman–Crippen LogP) is 4.61. The van der Waals surface area contributed by atoms with Crippen molar-refractivity contribution in [2.45, 2.75) is 30.4 Å². The third-order valence-corrected chi connectivity index (χ3v) is 18.3. The SMILES string of the molecule is CC(C)(C)Sc1c([As](c2ccccc2)c2ccccc2)cccc1[As](c1ccccc1)c1ccccc1. The maximum atomic E-state index is 2.43. The Labute approximate surface area is 235 Å². The van der Waals surface area contributed by atoms with Crippen molar-refractivity contribution in [3.8, 4) is 0 Å². The monoisotopic (exact) mass is 622 g/mol. The van der Waals surface area contributed by atoms with Gasteiger partial charge in [0.15, 0.2) is 0 Å². The van der Waals surface area contributed by atoms with Gasteiger partial charge in [-0.1, -0.05) is 0 Å². The van der Waals surface area contributed by atoms with Crippen molar-refractivity contribution in [1.82, 2.24) is 0 Å². The van der Waals surface area contributed by atoms with E-state index in [-0.39, 0.29) is 4.75 Å². The molecule has 0 spiro atoms. The molecule has 0 aliphatic rings. The number of hydrogen-bond donors (Lipinski definition) is 0. The van der Waals surface area contributed by atoms with Crippen LogP contribution in [0.2, 0.25) is 0 Å². The third-order valence-electron chi connectivity index (χ3n) is 5.92. The molecule has 0 aliphatic carbocycles. The summed E-state index contributed by atoms with van der Waals surface area (Å²) in [6.07, 6.45) is 0. The van der Waals surface area contributed by atoms with E-state index in [1.165, 1.54) is 22.3 Å². The fourth-order valence-electron chi connectivity index (χ4n) is 4.44. The first-order valence-electron chi connectivity index (χ1n) is 12.6. The molecule has 0 N–H and O–H groups in total. The molecule has 0 atom stereocenters. The van der Waals surface area contributed by atoms with Crippen LogP contribution in [0.25, 0.3) is 0 Å². The quantitative estimate of drug-likeness (QED) is 0.189. The Morgan fingerprint density at radius 3 is 0.973 bits per heavy atom. The van der Waals surface area contributed by atoms with E-state index in [9.17, 15) is 0 Å². The van der Waals surface area contributed by atoms with Gasteiger partial charge in [-0.25, -0.2) is 0 Å². The molecular weight excluding hydrogens is 590 g/mol. The molecule has 0 amide bonds. The van der Waals surface area contributed by atoms with E-state index in [1.807, 2.05) is 0 Å². The molecule has 0 aliphatic heterocycles. The summed E-state index contributed by atoms with van der Waals surface area (Å²) >= 11 is -1.51. The summed E-state index contributed by atoms with van der Waals surface area (Å²) in [6.45, 7) is 7.05. The van der Waals surface area contributed by atoms with Gasteiger partial charge < -0.3 is 0 Å². The maximum absolute atomic E-state index is 2.43. The molecule has 0 unspecified atom stereocenters. The minimum absolute atomic E-state index is 0.103. The van der Waals surface area contributed by atoms with Crippen molar-refractivity contribution in [3.63, 3.8) is 0 Å². The standard InChI is InChI=1S/C34H32As2S/c1-34(2,3)37-33-31(35(27-17-8-4-9-18-27)28-19-10-5-11-20-28)25-16-26-32(33)36(29-21-12-6-13-22-29)30-23-14-7-15-24-30/h4-26H,1-3H3. The Morgan fingerprint density at radius 2 is 0.703 bits per heavy atom. The van der Waals surface area contributed by atoms with E-state index in [2.05, 4.69) is 172 Å². The second-order valence-corrected chi connectivity index (χ2v) is 20.9. The van der Waals surface area contributed by atoms with E-state index in [0.717, 1.165) is 0 Å². The van der Waals surface area contributed by atoms with Gasteiger partial charge in [-0.05, 0) is 0 Å². The minimum atomic E-state index is -1.79. The number of benzene rings is 5. The summed E-state index contributed by atoms with van der Waals surface area (Å²) in [6, 6.07) is 52.1. The molecule has 5 aromatic rings. The summed E-state index contributed by atoms with van der Waals surface area (Å²) in [5.41, 5.74) is 0. The Kier molecular flexibility index (Phi) is 8.46. The van der Waals surface area contributed by atoms with Crippen LogP contribution < -0.4 is 26.1 Å². The number of rotatable bonds is 7. The molecule has 0 nitrogen and oxygen atoms in total. The van der Waals surface area contributed by atoms with Gasteiger partial charge in [0, 0.05) is 0 Å². The van der Waals surface area contributed by atoms with Crippen molar-refractivity contribution < 1.29 is 0 Å². The summed E-state index contributed by atoms with van der Waals surface area (Å²) in [7, 11) is 0. The molecule has 37 heavy (non-hydrogen) atoms. The van der Waals surface area contributed by atoms with Crippen LogP contribution in [0.4, 0.5) is 0 Å². The third kappa shape index (κ3) is 6.35. The van der Waals surface area contributed by atoms with Crippen LogP contribution in [0.3, 0.4) is 0 Å². The number of thioether (sulfide) groups is 1. The van der Waals surface area contributed by atoms with Crippen LogP contribution in [-0.4, -0.2) is 34.1 Å². The summed E-state index contributed by atoms with van der Waals surface area (Å²) in [5, 5.41) is 0. The first-order valence-corrected chi connectivity index (χ1v) is 19.1. The average Bonchev–Trinajstić information content (AvgIpc) is 2.92. The predicted molar refractivity (Wildman–Crippen MR) is 167 cm³/mol. The summed E-state index contributed by atoms with van der Waals surface area (Å²) in [4.78, 5) is 1.51. The van der Waals surface area contributed by atoms with E-state index < -0.39 is 29.3 Å². The Hall–Kier alpha value is -2.43. The topological polar surface area (TPSA) is 0 Å². The second-order valence-electron chi connectivity index (χ2n) is 9.85. The molecule has 0 heterocycles. The van der Waals surface area contributed by atoms with E-state index in [0.29, 0.717) is 0 Å². The molecule has 5 rings (SSSR count). The zero-order chi connectivity index (χ0) is 25.7. The van der Waals surface area contributed by atoms with Gasteiger partial charge in [-0.2, -0.15) is 0 Å². The fourth-order valence-corrected chi connectivity index (χ4v) is 17.2. The van der Waals surface area contributed by atoms with Gasteiger partial charge in [0.1, 0.15) is 0 Å². The molecule has 3 heteroatoms. The van der Waals surface area contributed by atoms with Crippen molar-refractivity contribution in [2.75, 3.05) is 0 Å². The molecule has 0 saturated carbocycles. The average molecular weight is 623 g/mol. The van der Waals surface area contributed by atoms with Gasteiger partial charge in [0.2, 0.25) is 0 Å². The van der Waals surface area contributed by atoms with Crippen LogP contribution in [0, 0.1) is 0 Å². The molecule has 0 aromatic heterocycles. The molecule has 0 radical (unpaired) electrons. The van der Waals surface area contributed by atoms with E-state index in [1.54, 1.807) is 8.70 Å². The molecule has 0 saturated heterocycles. The van der Waals surface area contributed by atoms with Crippen LogP contribution in [-0.2, 0) is 0 Å². The zero-order valence-corrected chi connectivity index (χ0v) is 26.2. The van der Waals surface area contributed by atoms with Gasteiger partial charge in [0.05, 0.1) is 0 Å². The van der Waals surface area contributed by atoms with Crippen molar-refractivity contribution >= 4 is 67.2 Å².